The highest BCUT2D eigenvalue weighted by Gasteiger charge is 2.21. The fourth-order valence-electron chi connectivity index (χ4n) is 1.54. The van der Waals surface area contributed by atoms with E-state index in [1.165, 1.54) is 12.8 Å². The Hall–Kier alpha value is -0.280. The smallest absolute Gasteiger partial charge is 0.236 e. The fraction of sp³-hybridized carbons (Fsp3) is 0.917. The van der Waals surface area contributed by atoms with Crippen LogP contribution in [0, 0.1) is 11.8 Å². The Labute approximate surface area is 105 Å². The van der Waals surface area contributed by atoms with Crippen molar-refractivity contribution in [1.29, 1.82) is 0 Å². The van der Waals surface area contributed by atoms with Gasteiger partial charge in [-0.15, -0.1) is 12.4 Å². The summed E-state index contributed by atoms with van der Waals surface area (Å²) < 4.78 is 0. The number of carbonyl (C=O) groups excluding carboxylic acids is 1. The van der Waals surface area contributed by atoms with E-state index in [1.54, 1.807) is 0 Å². The average Bonchev–Trinajstić information content (AvgIpc) is 3.01. The van der Waals surface area contributed by atoms with Gasteiger partial charge in [0.15, 0.2) is 0 Å². The van der Waals surface area contributed by atoms with Gasteiger partial charge < -0.3 is 10.2 Å². The van der Waals surface area contributed by atoms with E-state index >= 15 is 0 Å². The van der Waals surface area contributed by atoms with Crippen LogP contribution < -0.4 is 5.32 Å². The molecule has 1 fully saturated rings. The summed E-state index contributed by atoms with van der Waals surface area (Å²) in [5.41, 5.74) is 0. The SMILES string of the molecule is CCC(C)CN(C)C(=O)CNCC1CC1.Cl. The van der Waals surface area contributed by atoms with E-state index < -0.39 is 0 Å². The van der Waals surface area contributed by atoms with Gasteiger partial charge in [0.05, 0.1) is 6.54 Å². The van der Waals surface area contributed by atoms with Crippen molar-refractivity contribution in [2.24, 2.45) is 11.8 Å². The number of hydrogen-bond acceptors (Lipinski definition) is 2. The number of nitrogens with one attached hydrogen (secondary N) is 1. The highest BCUT2D eigenvalue weighted by molar-refractivity contribution is 5.85. The van der Waals surface area contributed by atoms with Crippen LogP contribution in [0.3, 0.4) is 0 Å². The van der Waals surface area contributed by atoms with Crippen LogP contribution in [0.15, 0.2) is 0 Å². The summed E-state index contributed by atoms with van der Waals surface area (Å²) in [5.74, 6) is 1.66. The van der Waals surface area contributed by atoms with Crippen molar-refractivity contribution < 1.29 is 4.79 Å². The molecule has 1 aliphatic rings. The number of halogens is 1. The Balaban J connectivity index is 0.00000225. The molecule has 1 rings (SSSR count). The maximum absolute atomic E-state index is 11.7. The van der Waals surface area contributed by atoms with Gasteiger partial charge in [0.1, 0.15) is 0 Å². The molecule has 1 saturated carbocycles. The van der Waals surface area contributed by atoms with Gasteiger partial charge in [-0.2, -0.15) is 0 Å². The van der Waals surface area contributed by atoms with Gasteiger partial charge >= 0.3 is 0 Å². The molecule has 1 N–H and O–H groups in total. The Morgan fingerprint density at radius 2 is 2.12 bits per heavy atom. The number of amides is 1. The Kier molecular flexibility index (Phi) is 7.77. The van der Waals surface area contributed by atoms with Gasteiger partial charge in [-0.1, -0.05) is 20.3 Å². The molecule has 0 aromatic heterocycles. The summed E-state index contributed by atoms with van der Waals surface area (Å²) in [5, 5.41) is 3.23. The monoisotopic (exact) mass is 248 g/mol. The normalized spacial score (nSPS) is 16.4. The highest BCUT2D eigenvalue weighted by Crippen LogP contribution is 2.27. The molecule has 0 aromatic rings. The van der Waals surface area contributed by atoms with Crippen molar-refractivity contribution >= 4 is 18.3 Å². The van der Waals surface area contributed by atoms with Gasteiger partial charge in [0, 0.05) is 13.6 Å². The van der Waals surface area contributed by atoms with E-state index in [0.29, 0.717) is 12.5 Å². The second kappa shape index (κ2) is 7.91. The van der Waals surface area contributed by atoms with Crippen molar-refractivity contribution in [2.45, 2.75) is 33.1 Å². The third-order valence-electron chi connectivity index (χ3n) is 3.11. The van der Waals surface area contributed by atoms with Gasteiger partial charge in [0.25, 0.3) is 0 Å². The fourth-order valence-corrected chi connectivity index (χ4v) is 1.54. The van der Waals surface area contributed by atoms with Crippen molar-refractivity contribution in [3.05, 3.63) is 0 Å². The van der Waals surface area contributed by atoms with E-state index in [9.17, 15) is 4.79 Å². The molecule has 0 aromatic carbocycles. The minimum atomic E-state index is 0. The molecule has 0 heterocycles. The van der Waals surface area contributed by atoms with Crippen molar-refractivity contribution in [2.75, 3.05) is 26.7 Å². The first-order valence-corrected chi connectivity index (χ1v) is 6.08. The lowest BCUT2D eigenvalue weighted by atomic mass is 10.1. The second-order valence-corrected chi connectivity index (χ2v) is 4.86. The summed E-state index contributed by atoms with van der Waals surface area (Å²) in [6.07, 6.45) is 3.81. The largest absolute Gasteiger partial charge is 0.344 e. The summed E-state index contributed by atoms with van der Waals surface area (Å²) in [6.45, 7) is 6.74. The molecule has 0 saturated heterocycles. The van der Waals surface area contributed by atoms with Crippen LogP contribution in [0.2, 0.25) is 0 Å². The van der Waals surface area contributed by atoms with Crippen LogP contribution in [0.4, 0.5) is 0 Å². The van der Waals surface area contributed by atoms with Crippen molar-refractivity contribution in [3.63, 3.8) is 0 Å². The predicted octanol–water partition coefficient (Wildman–Crippen LogP) is 1.91. The molecule has 0 aliphatic heterocycles. The van der Waals surface area contributed by atoms with Crippen molar-refractivity contribution in [3.8, 4) is 0 Å². The molecule has 96 valence electrons. The van der Waals surface area contributed by atoms with E-state index in [1.807, 2.05) is 11.9 Å². The van der Waals surface area contributed by atoms with Crippen LogP contribution >= 0.6 is 12.4 Å². The first-order chi connectivity index (χ1) is 7.13. The second-order valence-electron chi connectivity index (χ2n) is 4.86. The topological polar surface area (TPSA) is 32.3 Å². The molecule has 1 aliphatic carbocycles. The minimum Gasteiger partial charge on any atom is -0.344 e. The van der Waals surface area contributed by atoms with Gasteiger partial charge in [0.2, 0.25) is 5.91 Å². The third-order valence-corrected chi connectivity index (χ3v) is 3.11. The van der Waals surface area contributed by atoms with Crippen LogP contribution in [0.25, 0.3) is 0 Å². The zero-order chi connectivity index (χ0) is 11.3. The van der Waals surface area contributed by atoms with Crippen LogP contribution in [0.1, 0.15) is 33.1 Å². The van der Waals surface area contributed by atoms with Crippen LogP contribution in [-0.2, 0) is 4.79 Å². The average molecular weight is 249 g/mol. The Morgan fingerprint density at radius 3 is 2.62 bits per heavy atom. The third kappa shape index (κ3) is 6.33. The lowest BCUT2D eigenvalue weighted by molar-refractivity contribution is -0.129. The van der Waals surface area contributed by atoms with Crippen LogP contribution in [-0.4, -0.2) is 37.5 Å². The Morgan fingerprint density at radius 1 is 1.50 bits per heavy atom. The molecule has 0 radical (unpaired) electrons. The van der Waals surface area contributed by atoms with Crippen LogP contribution in [0.5, 0.6) is 0 Å². The lowest BCUT2D eigenvalue weighted by Gasteiger charge is -2.21. The lowest BCUT2D eigenvalue weighted by Crippen LogP contribution is -2.38. The molecule has 1 amide bonds. The number of rotatable bonds is 7. The zero-order valence-corrected chi connectivity index (χ0v) is 11.5. The van der Waals surface area contributed by atoms with Gasteiger partial charge in [-0.05, 0) is 31.2 Å². The maximum atomic E-state index is 11.7. The molecule has 1 atom stereocenters. The molecule has 16 heavy (non-hydrogen) atoms. The van der Waals surface area contributed by atoms with Gasteiger partial charge in [-0.3, -0.25) is 4.79 Å². The van der Waals surface area contributed by atoms with Gasteiger partial charge in [-0.25, -0.2) is 0 Å². The first-order valence-electron chi connectivity index (χ1n) is 6.08. The predicted molar refractivity (Wildman–Crippen MR) is 69.9 cm³/mol. The van der Waals surface area contributed by atoms with E-state index in [2.05, 4.69) is 19.2 Å². The molecule has 0 spiro atoms. The summed E-state index contributed by atoms with van der Waals surface area (Å²) >= 11 is 0. The number of nitrogens with zero attached hydrogens (tertiary/aromatic N) is 1. The maximum Gasteiger partial charge on any atom is 0.236 e. The summed E-state index contributed by atoms with van der Waals surface area (Å²) in [7, 11) is 1.90. The summed E-state index contributed by atoms with van der Waals surface area (Å²) in [6, 6.07) is 0. The minimum absolute atomic E-state index is 0. The molecular formula is C12H25ClN2O. The van der Waals surface area contributed by atoms with E-state index in [4.69, 9.17) is 0 Å². The zero-order valence-electron chi connectivity index (χ0n) is 10.7. The number of carbonyl (C=O) groups is 1. The highest BCUT2D eigenvalue weighted by atomic mass is 35.5. The molecule has 3 nitrogen and oxygen atoms in total. The van der Waals surface area contributed by atoms with Crippen molar-refractivity contribution in [1.82, 2.24) is 10.2 Å². The molecule has 0 bridgehead atoms. The summed E-state index contributed by atoms with van der Waals surface area (Å²) in [4.78, 5) is 13.5. The number of likely N-dealkylation sites (N-methyl/N-ethyl adjacent to an activating group) is 1. The molecular weight excluding hydrogens is 224 g/mol. The van der Waals surface area contributed by atoms with E-state index in [0.717, 1.165) is 25.4 Å². The number of hydrogen-bond donors (Lipinski definition) is 1. The molecule has 1 unspecified atom stereocenters. The molecule has 4 heteroatoms. The first kappa shape index (κ1) is 15.7. The van der Waals surface area contributed by atoms with E-state index in [-0.39, 0.29) is 18.3 Å². The standard InChI is InChI=1S/C12H24N2O.ClH/c1-4-10(2)9-14(3)12(15)8-13-7-11-5-6-11;/h10-11,13H,4-9H2,1-3H3;1H. The quantitative estimate of drug-likeness (QED) is 0.747. The Bertz CT molecular complexity index is 207.